The van der Waals surface area contributed by atoms with Gasteiger partial charge in [-0.1, -0.05) is 24.3 Å². The molecule has 30 heavy (non-hydrogen) atoms. The molecule has 0 saturated heterocycles. The molecule has 0 atom stereocenters. The molecular weight excluding hydrogens is 388 g/mol. The molecule has 0 aliphatic carbocycles. The first-order valence-corrected chi connectivity index (χ1v) is 9.76. The third kappa shape index (κ3) is 3.30. The van der Waals surface area contributed by atoms with Crippen LogP contribution in [0.5, 0.6) is 5.75 Å². The number of carbonyl (C=O) groups is 2. The van der Waals surface area contributed by atoms with E-state index in [1.54, 1.807) is 17.0 Å². The highest BCUT2D eigenvalue weighted by atomic mass is 16.5. The summed E-state index contributed by atoms with van der Waals surface area (Å²) < 4.78 is 6.40. The lowest BCUT2D eigenvalue weighted by Crippen LogP contribution is -2.53. The Bertz CT molecular complexity index is 1060. The van der Waals surface area contributed by atoms with Crippen molar-refractivity contribution >= 4 is 11.8 Å². The molecule has 1 N–H and O–H groups in total. The van der Waals surface area contributed by atoms with Crippen molar-refractivity contribution in [2.75, 3.05) is 45.5 Å². The average Bonchev–Trinajstić information content (AvgIpc) is 2.76. The van der Waals surface area contributed by atoms with Crippen LogP contribution in [0.15, 0.2) is 35.3 Å². The van der Waals surface area contributed by atoms with Crippen LogP contribution in [0.3, 0.4) is 0 Å². The van der Waals surface area contributed by atoms with Crippen molar-refractivity contribution in [2.45, 2.75) is 13.0 Å². The van der Waals surface area contributed by atoms with Crippen LogP contribution in [0, 0.1) is 0 Å². The normalized spacial score (nSPS) is 15.8. The van der Waals surface area contributed by atoms with E-state index in [0.717, 1.165) is 5.56 Å². The number of aromatic nitrogens is 1. The van der Waals surface area contributed by atoms with Crippen molar-refractivity contribution in [2.24, 2.45) is 0 Å². The van der Waals surface area contributed by atoms with Crippen LogP contribution in [-0.4, -0.2) is 71.9 Å². The second kappa shape index (κ2) is 7.83. The highest BCUT2D eigenvalue weighted by Crippen LogP contribution is 2.23. The molecule has 158 valence electrons. The summed E-state index contributed by atoms with van der Waals surface area (Å²) in [5, 5.41) is 12.2. The van der Waals surface area contributed by atoms with Crippen molar-refractivity contribution in [3.63, 3.8) is 0 Å². The molecule has 9 nitrogen and oxygen atoms in total. The number of carbonyl (C=O) groups excluding carboxylic acids is 2. The zero-order chi connectivity index (χ0) is 21.4. The molecule has 0 saturated carbocycles. The monoisotopic (exact) mass is 412 g/mol. The Labute approximate surface area is 173 Å². The predicted octanol–water partition coefficient (Wildman–Crippen LogP) is 0.380. The zero-order valence-corrected chi connectivity index (χ0v) is 17.0. The van der Waals surface area contributed by atoms with Crippen LogP contribution in [-0.2, 0) is 17.7 Å². The standard InChI is InChI=1S/C21H24N4O5/c1-22-13-24(9-10-30-2)21(29)17-19(27)18(26)16(12-25(17)22)20(28)23-8-7-14-5-3-4-6-15(14)11-23/h3-6,12,27H,7-11,13H2,1-2H3. The van der Waals surface area contributed by atoms with Gasteiger partial charge in [0.25, 0.3) is 11.8 Å². The average molecular weight is 412 g/mol. The Hall–Kier alpha value is -3.33. The minimum Gasteiger partial charge on any atom is -0.502 e. The van der Waals surface area contributed by atoms with Crippen LogP contribution in [0.1, 0.15) is 32.0 Å². The maximum atomic E-state index is 13.1. The largest absolute Gasteiger partial charge is 0.502 e. The van der Waals surface area contributed by atoms with Crippen LogP contribution < -0.4 is 10.4 Å². The maximum absolute atomic E-state index is 13.1. The number of methoxy groups -OCH3 is 1. The molecule has 0 bridgehead atoms. The number of pyridine rings is 1. The predicted molar refractivity (Wildman–Crippen MR) is 109 cm³/mol. The third-order valence-electron chi connectivity index (χ3n) is 5.61. The van der Waals surface area contributed by atoms with Crippen molar-refractivity contribution in [3.8, 4) is 5.75 Å². The lowest BCUT2D eigenvalue weighted by Gasteiger charge is -2.37. The summed E-state index contributed by atoms with van der Waals surface area (Å²) in [7, 11) is 3.25. The SMILES string of the molecule is COCCN1CN(C)n2cc(C(=O)N3CCc4ccccc4C3)c(=O)c(O)c2C1=O. The van der Waals surface area contributed by atoms with Gasteiger partial charge < -0.3 is 19.6 Å². The van der Waals surface area contributed by atoms with Gasteiger partial charge in [0.2, 0.25) is 5.43 Å². The molecule has 3 heterocycles. The molecule has 1 aromatic carbocycles. The summed E-state index contributed by atoms with van der Waals surface area (Å²) in [5.41, 5.74) is 1.10. The first-order valence-electron chi connectivity index (χ1n) is 9.76. The number of hydrogen-bond acceptors (Lipinski definition) is 6. The van der Waals surface area contributed by atoms with Crippen molar-refractivity contribution < 1.29 is 19.4 Å². The molecule has 9 heteroatoms. The molecule has 0 fully saturated rings. The molecule has 2 aliphatic heterocycles. The summed E-state index contributed by atoms with van der Waals surface area (Å²) in [4.78, 5) is 41.8. The van der Waals surface area contributed by atoms with Crippen LogP contribution in [0.4, 0.5) is 0 Å². The minimum absolute atomic E-state index is 0.148. The van der Waals surface area contributed by atoms with Gasteiger partial charge in [0.15, 0.2) is 11.4 Å². The molecule has 2 aliphatic rings. The Morgan fingerprint density at radius 3 is 2.67 bits per heavy atom. The highest BCUT2D eigenvalue weighted by Gasteiger charge is 2.34. The minimum atomic E-state index is -0.833. The summed E-state index contributed by atoms with van der Waals surface area (Å²) in [5.74, 6) is -1.65. The van der Waals surface area contributed by atoms with Gasteiger partial charge in [-0.3, -0.25) is 24.1 Å². The highest BCUT2D eigenvalue weighted by molar-refractivity contribution is 5.99. The smallest absolute Gasteiger partial charge is 0.277 e. The lowest BCUT2D eigenvalue weighted by atomic mass is 9.99. The van der Waals surface area contributed by atoms with Gasteiger partial charge in [-0.25, -0.2) is 0 Å². The van der Waals surface area contributed by atoms with E-state index in [1.807, 2.05) is 24.3 Å². The van der Waals surface area contributed by atoms with Crippen LogP contribution in [0.2, 0.25) is 0 Å². The fourth-order valence-electron chi connectivity index (χ4n) is 3.95. The molecule has 2 amide bonds. The van der Waals surface area contributed by atoms with E-state index in [1.165, 1.54) is 28.4 Å². The molecule has 0 radical (unpaired) electrons. The van der Waals surface area contributed by atoms with Gasteiger partial charge in [0.1, 0.15) is 12.2 Å². The number of ether oxygens (including phenoxy) is 1. The van der Waals surface area contributed by atoms with Gasteiger partial charge in [-0.15, -0.1) is 0 Å². The summed E-state index contributed by atoms with van der Waals surface area (Å²) >= 11 is 0. The van der Waals surface area contributed by atoms with E-state index in [9.17, 15) is 19.5 Å². The second-order valence-corrected chi connectivity index (χ2v) is 7.52. The molecule has 4 rings (SSSR count). The molecule has 0 spiro atoms. The maximum Gasteiger partial charge on any atom is 0.277 e. The van der Waals surface area contributed by atoms with Crippen LogP contribution >= 0.6 is 0 Å². The van der Waals surface area contributed by atoms with E-state index in [-0.39, 0.29) is 17.9 Å². The number of rotatable bonds is 4. The Balaban J connectivity index is 1.68. The van der Waals surface area contributed by atoms with E-state index >= 15 is 0 Å². The van der Waals surface area contributed by atoms with Crippen molar-refractivity contribution in [1.29, 1.82) is 0 Å². The first kappa shape index (κ1) is 20.0. The van der Waals surface area contributed by atoms with E-state index < -0.39 is 23.0 Å². The third-order valence-corrected chi connectivity index (χ3v) is 5.61. The zero-order valence-electron chi connectivity index (χ0n) is 17.0. The van der Waals surface area contributed by atoms with Crippen LogP contribution in [0.25, 0.3) is 0 Å². The second-order valence-electron chi connectivity index (χ2n) is 7.52. The number of nitrogens with zero attached hydrogens (tertiary/aromatic N) is 4. The van der Waals surface area contributed by atoms with Gasteiger partial charge in [-0.2, -0.15) is 0 Å². The molecule has 0 unspecified atom stereocenters. The molecule has 1 aromatic heterocycles. The first-order chi connectivity index (χ1) is 14.4. The summed E-state index contributed by atoms with van der Waals surface area (Å²) in [6.45, 7) is 1.77. The quantitative estimate of drug-likeness (QED) is 0.780. The Kier molecular flexibility index (Phi) is 5.21. The van der Waals surface area contributed by atoms with Gasteiger partial charge in [0, 0.05) is 40.0 Å². The number of fused-ring (bicyclic) bond motifs is 2. The fourth-order valence-corrected chi connectivity index (χ4v) is 3.95. The van der Waals surface area contributed by atoms with Crippen molar-refractivity contribution in [1.82, 2.24) is 14.5 Å². The van der Waals surface area contributed by atoms with E-state index in [0.29, 0.717) is 32.7 Å². The number of hydrogen-bond donors (Lipinski definition) is 1. The lowest BCUT2D eigenvalue weighted by molar-refractivity contribution is 0.0625. The molecule has 2 aromatic rings. The topological polar surface area (TPSA) is 95.3 Å². The summed E-state index contributed by atoms with van der Waals surface area (Å²) in [6.07, 6.45) is 2.05. The fraction of sp³-hybridized carbons (Fsp3) is 0.381. The van der Waals surface area contributed by atoms with Gasteiger partial charge in [0.05, 0.1) is 6.61 Å². The Morgan fingerprint density at radius 2 is 1.93 bits per heavy atom. The van der Waals surface area contributed by atoms with E-state index in [2.05, 4.69) is 0 Å². The number of benzene rings is 1. The number of aromatic hydroxyl groups is 1. The molecular formula is C21H24N4O5. The summed E-state index contributed by atoms with van der Waals surface area (Å²) in [6, 6.07) is 7.88. The Morgan fingerprint density at radius 1 is 1.20 bits per heavy atom. The van der Waals surface area contributed by atoms with Crippen molar-refractivity contribution in [3.05, 3.63) is 63.1 Å². The van der Waals surface area contributed by atoms with E-state index in [4.69, 9.17) is 4.74 Å². The van der Waals surface area contributed by atoms with Gasteiger partial charge in [-0.05, 0) is 17.5 Å². The number of amides is 2. The van der Waals surface area contributed by atoms with Gasteiger partial charge >= 0.3 is 0 Å².